The molecule has 0 aromatic carbocycles. The van der Waals surface area contributed by atoms with E-state index in [-0.39, 0.29) is 25.9 Å². The SMILES string of the molecule is CC(C)=CCCBr.[H-].[H-].[Mg+2]. The van der Waals surface area contributed by atoms with Crippen LogP contribution in [-0.2, 0) is 0 Å². The maximum Gasteiger partial charge on any atom is 2.00 e. The van der Waals surface area contributed by atoms with E-state index in [4.69, 9.17) is 0 Å². The predicted octanol–water partition coefficient (Wildman–Crippen LogP) is 2.58. The minimum Gasteiger partial charge on any atom is -1.00 e. The Balaban J connectivity index is -0.0000000600. The van der Waals surface area contributed by atoms with Gasteiger partial charge in [-0.25, -0.2) is 0 Å². The molecule has 0 aromatic heterocycles. The van der Waals surface area contributed by atoms with Gasteiger partial charge in [0.1, 0.15) is 0 Å². The number of hydrogen-bond acceptors (Lipinski definition) is 0. The average Bonchev–Trinajstić information content (AvgIpc) is 1.61. The molecule has 0 unspecified atom stereocenters. The van der Waals surface area contributed by atoms with Gasteiger partial charge in [0.05, 0.1) is 0 Å². The van der Waals surface area contributed by atoms with Crippen LogP contribution in [0.3, 0.4) is 0 Å². The van der Waals surface area contributed by atoms with Crippen molar-refractivity contribution in [1.29, 1.82) is 0 Å². The van der Waals surface area contributed by atoms with Crippen molar-refractivity contribution in [2.45, 2.75) is 20.3 Å². The van der Waals surface area contributed by atoms with Crippen molar-refractivity contribution < 1.29 is 2.85 Å². The summed E-state index contributed by atoms with van der Waals surface area (Å²) in [7, 11) is 0. The number of hydrogen-bond donors (Lipinski definition) is 0. The molecule has 0 spiro atoms. The van der Waals surface area contributed by atoms with Crippen LogP contribution in [0.15, 0.2) is 11.6 Å². The first-order valence-electron chi connectivity index (χ1n) is 2.46. The first kappa shape index (κ1) is 11.7. The molecule has 0 nitrogen and oxygen atoms in total. The van der Waals surface area contributed by atoms with Crippen LogP contribution in [0.2, 0.25) is 0 Å². The normalized spacial score (nSPS) is 7.38. The van der Waals surface area contributed by atoms with Gasteiger partial charge in [0.2, 0.25) is 0 Å². The fraction of sp³-hybridized carbons (Fsp3) is 0.667. The molecule has 8 heavy (non-hydrogen) atoms. The molecule has 0 atom stereocenters. The predicted molar refractivity (Wildman–Crippen MR) is 45.8 cm³/mol. The monoisotopic (exact) mass is 188 g/mol. The van der Waals surface area contributed by atoms with Crippen molar-refractivity contribution in [3.05, 3.63) is 11.6 Å². The molecule has 0 amide bonds. The molecule has 0 heterocycles. The third-order valence-electron chi connectivity index (χ3n) is 0.662. The molecule has 0 saturated carbocycles. The van der Waals surface area contributed by atoms with E-state index in [0.29, 0.717) is 0 Å². The minimum atomic E-state index is 0. The van der Waals surface area contributed by atoms with Crippen LogP contribution in [0.1, 0.15) is 23.1 Å². The van der Waals surface area contributed by atoms with E-state index < -0.39 is 0 Å². The third-order valence-corrected chi connectivity index (χ3v) is 1.12. The Kier molecular flexibility index (Phi) is 11.7. The van der Waals surface area contributed by atoms with Gasteiger partial charge in [0.25, 0.3) is 0 Å². The fourth-order valence-corrected chi connectivity index (χ4v) is 0.572. The summed E-state index contributed by atoms with van der Waals surface area (Å²) in [6.07, 6.45) is 3.37. The quantitative estimate of drug-likeness (QED) is 0.356. The standard InChI is InChI=1S/C6H11Br.Mg.2H/c1-6(2)4-3-5-7;;;/h4H,3,5H2,1-2H3;;;/q;+2;2*-1. The second kappa shape index (κ2) is 7.99. The summed E-state index contributed by atoms with van der Waals surface area (Å²) in [6, 6.07) is 0. The van der Waals surface area contributed by atoms with E-state index in [0.717, 1.165) is 11.8 Å². The van der Waals surface area contributed by atoms with Crippen LogP contribution in [0.5, 0.6) is 0 Å². The first-order chi connectivity index (χ1) is 3.27. The van der Waals surface area contributed by atoms with Gasteiger partial charge in [-0.05, 0) is 20.3 Å². The van der Waals surface area contributed by atoms with E-state index in [1.165, 1.54) is 5.57 Å². The number of halogens is 1. The first-order valence-corrected chi connectivity index (χ1v) is 3.59. The van der Waals surface area contributed by atoms with Crippen LogP contribution in [0.4, 0.5) is 0 Å². The van der Waals surface area contributed by atoms with Crippen LogP contribution in [0, 0.1) is 0 Å². The van der Waals surface area contributed by atoms with Crippen molar-refractivity contribution in [2.24, 2.45) is 0 Å². The maximum absolute atomic E-state index is 3.33. The Morgan fingerprint density at radius 3 is 2.25 bits per heavy atom. The Morgan fingerprint density at radius 1 is 1.62 bits per heavy atom. The van der Waals surface area contributed by atoms with Gasteiger partial charge in [-0.1, -0.05) is 27.6 Å². The fourth-order valence-electron chi connectivity index (χ4n) is 0.343. The zero-order chi connectivity index (χ0) is 5.70. The zero-order valence-electron chi connectivity index (χ0n) is 7.58. The summed E-state index contributed by atoms with van der Waals surface area (Å²) in [5, 5.41) is 1.08. The molecule has 46 valence electrons. The van der Waals surface area contributed by atoms with E-state index in [1.54, 1.807) is 0 Å². The average molecular weight is 189 g/mol. The van der Waals surface area contributed by atoms with E-state index >= 15 is 0 Å². The van der Waals surface area contributed by atoms with Gasteiger partial charge in [-0.2, -0.15) is 0 Å². The molecule has 0 rings (SSSR count). The molecule has 0 fully saturated rings. The molecule has 0 aliphatic rings. The van der Waals surface area contributed by atoms with Crippen molar-refractivity contribution in [1.82, 2.24) is 0 Å². The molecule has 0 aliphatic carbocycles. The summed E-state index contributed by atoms with van der Waals surface area (Å²) in [5.41, 5.74) is 1.40. The molecule has 0 radical (unpaired) electrons. The second-order valence-corrected chi connectivity index (χ2v) is 2.55. The number of alkyl halides is 1. The summed E-state index contributed by atoms with van der Waals surface area (Å²) in [4.78, 5) is 0. The van der Waals surface area contributed by atoms with Gasteiger partial charge in [0, 0.05) is 5.33 Å². The van der Waals surface area contributed by atoms with Gasteiger partial charge >= 0.3 is 23.1 Å². The second-order valence-electron chi connectivity index (χ2n) is 1.76. The molecule has 2 heteroatoms. The van der Waals surface area contributed by atoms with Gasteiger partial charge in [0.15, 0.2) is 0 Å². The topological polar surface area (TPSA) is 0 Å². The van der Waals surface area contributed by atoms with Crippen LogP contribution >= 0.6 is 15.9 Å². The maximum atomic E-state index is 3.33. The summed E-state index contributed by atoms with van der Waals surface area (Å²) in [5.74, 6) is 0. The largest absolute Gasteiger partial charge is 2.00 e. The molecule has 0 N–H and O–H groups in total. The van der Waals surface area contributed by atoms with Crippen LogP contribution in [-0.4, -0.2) is 28.4 Å². The Labute approximate surface area is 79.0 Å². The Morgan fingerprint density at radius 2 is 2.12 bits per heavy atom. The minimum absolute atomic E-state index is 0. The summed E-state index contributed by atoms with van der Waals surface area (Å²) in [6.45, 7) is 4.23. The molecular formula is C6H13BrMg. The molecule has 0 aromatic rings. The van der Waals surface area contributed by atoms with Crippen molar-refractivity contribution in [2.75, 3.05) is 5.33 Å². The number of rotatable bonds is 2. The van der Waals surface area contributed by atoms with Gasteiger partial charge in [-0.3, -0.25) is 0 Å². The Bertz CT molecular complexity index is 72.1. The van der Waals surface area contributed by atoms with E-state index in [1.807, 2.05) is 0 Å². The molecule has 0 saturated heterocycles. The van der Waals surface area contributed by atoms with Crippen LogP contribution < -0.4 is 0 Å². The summed E-state index contributed by atoms with van der Waals surface area (Å²) < 4.78 is 0. The number of allylic oxidation sites excluding steroid dienone is 2. The van der Waals surface area contributed by atoms with Crippen molar-refractivity contribution >= 4 is 39.0 Å². The zero-order valence-corrected chi connectivity index (χ0v) is 8.58. The Hall–Kier alpha value is 0.986. The molecule has 0 bridgehead atoms. The summed E-state index contributed by atoms with van der Waals surface area (Å²) >= 11 is 3.33. The van der Waals surface area contributed by atoms with Crippen molar-refractivity contribution in [3.63, 3.8) is 0 Å². The molecule has 0 aliphatic heterocycles. The van der Waals surface area contributed by atoms with Gasteiger partial charge in [-0.15, -0.1) is 0 Å². The van der Waals surface area contributed by atoms with Crippen LogP contribution in [0.25, 0.3) is 0 Å². The van der Waals surface area contributed by atoms with Crippen molar-refractivity contribution in [3.8, 4) is 0 Å². The third kappa shape index (κ3) is 10.1. The van der Waals surface area contributed by atoms with E-state index in [2.05, 4.69) is 35.9 Å². The smallest absolute Gasteiger partial charge is 1.00 e. The molecular weight excluding hydrogens is 176 g/mol. The van der Waals surface area contributed by atoms with E-state index in [9.17, 15) is 0 Å². The van der Waals surface area contributed by atoms with Gasteiger partial charge < -0.3 is 2.85 Å².